The zero-order chi connectivity index (χ0) is 28.6. The molecule has 0 spiro atoms. The van der Waals surface area contributed by atoms with Gasteiger partial charge in [0.2, 0.25) is 11.8 Å². The van der Waals surface area contributed by atoms with Crippen LogP contribution in [0.3, 0.4) is 0 Å². The second kappa shape index (κ2) is 24.2. The van der Waals surface area contributed by atoms with Crippen LogP contribution in [0.4, 0.5) is 5.82 Å². The number of nitrogens with one attached hydrogen (secondary N) is 2. The minimum atomic E-state index is -0.961. The quantitative estimate of drug-likeness (QED) is 0.115. The van der Waals surface area contributed by atoms with Gasteiger partial charge in [0.25, 0.3) is 0 Å². The first-order chi connectivity index (χ1) is 19.0. The van der Waals surface area contributed by atoms with Gasteiger partial charge in [-0.3, -0.25) is 9.59 Å². The molecule has 2 amide bonds. The number of rotatable bonds is 26. The van der Waals surface area contributed by atoms with Crippen LogP contribution in [0.15, 0.2) is 6.20 Å². The molecule has 4 N–H and O–H groups in total. The van der Waals surface area contributed by atoms with E-state index in [0.29, 0.717) is 17.9 Å². The van der Waals surface area contributed by atoms with Gasteiger partial charge in [0.1, 0.15) is 6.04 Å². The first-order valence-electron chi connectivity index (χ1n) is 15.0. The number of aliphatic hydroxyl groups is 2. The molecule has 10 heteroatoms. The average molecular weight is 568 g/mol. The Morgan fingerprint density at radius 1 is 1.00 bits per heavy atom. The van der Waals surface area contributed by atoms with Crippen molar-refractivity contribution >= 4 is 29.4 Å². The molecular weight excluding hydrogens is 514 g/mol. The van der Waals surface area contributed by atoms with E-state index in [4.69, 9.17) is 5.11 Å². The Bertz CT molecular complexity index is 749. The minimum absolute atomic E-state index is 0.0635. The molecule has 2 atom stereocenters. The highest BCUT2D eigenvalue weighted by Crippen LogP contribution is 2.14. The highest BCUT2D eigenvalue weighted by molar-refractivity contribution is 7.99. The maximum Gasteiger partial charge on any atom is 0.249 e. The smallest absolute Gasteiger partial charge is 0.249 e. The van der Waals surface area contributed by atoms with Gasteiger partial charge in [-0.2, -0.15) is 11.8 Å². The van der Waals surface area contributed by atoms with Crippen molar-refractivity contribution in [3.63, 3.8) is 0 Å². The van der Waals surface area contributed by atoms with Crippen LogP contribution < -0.4 is 10.6 Å². The summed E-state index contributed by atoms with van der Waals surface area (Å²) in [6, 6.07) is -0.702. The number of hydrogen-bond donors (Lipinski definition) is 4. The van der Waals surface area contributed by atoms with Gasteiger partial charge in [0.05, 0.1) is 25.5 Å². The summed E-state index contributed by atoms with van der Waals surface area (Å²) in [7, 11) is 0. The van der Waals surface area contributed by atoms with Crippen LogP contribution >= 0.6 is 11.8 Å². The maximum atomic E-state index is 12.8. The lowest BCUT2D eigenvalue weighted by atomic mass is 10.0. The molecule has 0 aliphatic rings. The molecule has 0 saturated heterocycles. The Kier molecular flexibility index (Phi) is 21.9. The van der Waals surface area contributed by atoms with Crippen LogP contribution in [0.25, 0.3) is 0 Å². The molecule has 0 fully saturated rings. The molecular formula is C29H53N5O4S. The van der Waals surface area contributed by atoms with Gasteiger partial charge in [0.15, 0.2) is 5.82 Å². The van der Waals surface area contributed by atoms with Crippen LogP contribution in [0.5, 0.6) is 0 Å². The van der Waals surface area contributed by atoms with Crippen molar-refractivity contribution in [2.24, 2.45) is 0 Å². The number of aliphatic hydroxyl groups excluding tert-OH is 2. The average Bonchev–Trinajstić information content (AvgIpc) is 3.36. The zero-order valence-corrected chi connectivity index (χ0v) is 24.9. The van der Waals surface area contributed by atoms with E-state index in [1.165, 1.54) is 99.7 Å². The second-order valence-electron chi connectivity index (χ2n) is 10.3. The molecule has 224 valence electrons. The molecule has 1 heterocycles. The minimum Gasteiger partial charge on any atom is -0.394 e. The molecule has 2 radical (unpaired) electrons. The summed E-state index contributed by atoms with van der Waals surface area (Å²) in [6.45, 7) is 5.63. The van der Waals surface area contributed by atoms with Gasteiger partial charge in [-0.05, 0) is 25.5 Å². The van der Waals surface area contributed by atoms with E-state index in [1.807, 2.05) is 0 Å². The molecule has 0 bridgehead atoms. The van der Waals surface area contributed by atoms with E-state index in [-0.39, 0.29) is 24.2 Å². The number of hydrogen-bond acceptors (Lipinski definition) is 7. The third-order valence-electron chi connectivity index (χ3n) is 6.58. The van der Waals surface area contributed by atoms with E-state index < -0.39 is 18.8 Å². The van der Waals surface area contributed by atoms with Crippen molar-refractivity contribution in [3.05, 3.63) is 19.5 Å². The topological polar surface area (TPSA) is 129 Å². The number of anilines is 1. The van der Waals surface area contributed by atoms with E-state index in [2.05, 4.69) is 34.8 Å². The summed E-state index contributed by atoms with van der Waals surface area (Å²) in [4.78, 5) is 25.3. The Balaban J connectivity index is 2.20. The molecule has 39 heavy (non-hydrogen) atoms. The highest BCUT2D eigenvalue weighted by atomic mass is 32.2. The van der Waals surface area contributed by atoms with E-state index >= 15 is 0 Å². The van der Waals surface area contributed by atoms with Gasteiger partial charge in [-0.1, -0.05) is 102 Å². The summed E-state index contributed by atoms with van der Waals surface area (Å²) in [6.07, 6.45) is 21.8. The Morgan fingerprint density at radius 2 is 1.56 bits per heavy atom. The lowest BCUT2D eigenvalue weighted by Crippen LogP contribution is -2.45. The SMILES string of the molecule is [CH2][CH]CSC[C@@H](NC(=O)CCCCCCCCCCCCCCCCC)C(=O)Nc1cn(C[C@@H](O)CO)nn1. The lowest BCUT2D eigenvalue weighted by molar-refractivity contribution is -0.126. The van der Waals surface area contributed by atoms with Crippen LogP contribution in [0, 0.1) is 13.3 Å². The summed E-state index contributed by atoms with van der Waals surface area (Å²) >= 11 is 1.51. The number of carbonyl (C=O) groups is 2. The number of aromatic nitrogens is 3. The number of thioether (sulfide) groups is 1. The summed E-state index contributed by atoms with van der Waals surface area (Å²) in [5.74, 6) is 0.818. The zero-order valence-electron chi connectivity index (χ0n) is 24.1. The van der Waals surface area contributed by atoms with Crippen LogP contribution in [-0.2, 0) is 16.1 Å². The Morgan fingerprint density at radius 3 is 2.10 bits per heavy atom. The van der Waals surface area contributed by atoms with Crippen molar-refractivity contribution in [2.45, 2.75) is 128 Å². The standard InChI is InChI=1S/C29H53N5O4S/c1-3-5-6-7-8-9-10-11-12-13-14-15-16-17-18-19-28(37)30-26(24-39-20-4-2)29(38)31-27-22-34(33-32-27)21-25(36)23-35/h4,22,25-26,35-36H,2-3,5-21,23-24H2,1H3,(H,30,37)(H,31,38)/t25-,26-/m1/s1. The molecule has 0 saturated carbocycles. The van der Waals surface area contributed by atoms with Crippen molar-refractivity contribution in [2.75, 3.05) is 23.4 Å². The van der Waals surface area contributed by atoms with Gasteiger partial charge in [-0.15, -0.1) is 5.10 Å². The normalized spacial score (nSPS) is 12.8. The van der Waals surface area contributed by atoms with Gasteiger partial charge < -0.3 is 20.8 Å². The first kappa shape index (κ1) is 35.4. The first-order valence-corrected chi connectivity index (χ1v) is 16.1. The van der Waals surface area contributed by atoms with Gasteiger partial charge in [-0.25, -0.2) is 4.68 Å². The molecule has 0 aromatic carbocycles. The monoisotopic (exact) mass is 567 g/mol. The molecule has 0 aliphatic carbocycles. The van der Waals surface area contributed by atoms with Crippen LogP contribution in [0.1, 0.15) is 110 Å². The van der Waals surface area contributed by atoms with Crippen molar-refractivity contribution in [1.82, 2.24) is 20.3 Å². The fourth-order valence-electron chi connectivity index (χ4n) is 4.31. The molecule has 1 aromatic heterocycles. The third kappa shape index (κ3) is 19.1. The Labute approximate surface area is 240 Å². The fraction of sp³-hybridized carbons (Fsp3) is 0.793. The molecule has 1 aromatic rings. The predicted molar refractivity (Wildman–Crippen MR) is 160 cm³/mol. The number of carbonyl (C=O) groups excluding carboxylic acids is 2. The highest BCUT2D eigenvalue weighted by Gasteiger charge is 2.22. The van der Waals surface area contributed by atoms with Gasteiger partial charge in [0, 0.05) is 12.2 Å². The predicted octanol–water partition coefficient (Wildman–Crippen LogP) is 5.09. The lowest BCUT2D eigenvalue weighted by Gasteiger charge is -2.17. The fourth-order valence-corrected chi connectivity index (χ4v) is 5.08. The molecule has 9 nitrogen and oxygen atoms in total. The molecule has 0 aliphatic heterocycles. The number of nitrogens with zero attached hydrogens (tertiary/aromatic N) is 3. The largest absolute Gasteiger partial charge is 0.394 e. The molecule has 0 unspecified atom stereocenters. The van der Waals surface area contributed by atoms with Crippen molar-refractivity contribution in [3.8, 4) is 0 Å². The van der Waals surface area contributed by atoms with Gasteiger partial charge >= 0.3 is 0 Å². The van der Waals surface area contributed by atoms with Crippen molar-refractivity contribution in [1.29, 1.82) is 0 Å². The number of unbranched alkanes of at least 4 members (excludes halogenated alkanes) is 14. The summed E-state index contributed by atoms with van der Waals surface area (Å²) < 4.78 is 1.34. The number of amides is 2. The van der Waals surface area contributed by atoms with Crippen molar-refractivity contribution < 1.29 is 19.8 Å². The molecule has 1 rings (SSSR count). The summed E-state index contributed by atoms with van der Waals surface area (Å²) in [5, 5.41) is 31.7. The van der Waals surface area contributed by atoms with E-state index in [1.54, 1.807) is 6.42 Å². The van der Waals surface area contributed by atoms with Crippen LogP contribution in [-0.4, -0.2) is 67.3 Å². The van der Waals surface area contributed by atoms with E-state index in [9.17, 15) is 14.7 Å². The third-order valence-corrected chi connectivity index (χ3v) is 7.62. The van der Waals surface area contributed by atoms with E-state index in [0.717, 1.165) is 19.3 Å². The maximum absolute atomic E-state index is 12.8. The Hall–Kier alpha value is -1.65. The van der Waals surface area contributed by atoms with Crippen LogP contribution in [0.2, 0.25) is 0 Å². The second-order valence-corrected chi connectivity index (χ2v) is 11.4. The summed E-state index contributed by atoms with van der Waals surface area (Å²) in [5.41, 5.74) is 0.